The monoisotopic (exact) mass is 211 g/mol. The van der Waals surface area contributed by atoms with Crippen molar-refractivity contribution in [3.8, 4) is 0 Å². The van der Waals surface area contributed by atoms with Gasteiger partial charge in [0.1, 0.15) is 0 Å². The summed E-state index contributed by atoms with van der Waals surface area (Å²) in [6.07, 6.45) is 4.97. The zero-order valence-electron chi connectivity index (χ0n) is 9.66. The average molecular weight is 211 g/mol. The fraction of sp³-hybridized carbons (Fsp3) is 1.00. The Hall–Kier alpha value is -0.120. The number of hydrogen-bond acceptors (Lipinski definition) is 2. The highest BCUT2D eigenvalue weighted by Gasteiger charge is 2.19. The molecule has 3 nitrogen and oxygen atoms in total. The highest BCUT2D eigenvalue weighted by Crippen LogP contribution is 2.16. The minimum Gasteiger partial charge on any atom is -0.303 e. The molecule has 0 saturated carbocycles. The lowest BCUT2D eigenvalue weighted by molar-refractivity contribution is 0.0876. The van der Waals surface area contributed by atoms with Gasteiger partial charge in [0.05, 0.1) is 6.61 Å². The van der Waals surface area contributed by atoms with E-state index in [0.29, 0.717) is 5.92 Å². The summed E-state index contributed by atoms with van der Waals surface area (Å²) in [5.41, 5.74) is 0. The summed E-state index contributed by atoms with van der Waals surface area (Å²) in [5.74, 6) is 0.469. The second kappa shape index (κ2) is 5.83. The van der Waals surface area contributed by atoms with Crippen molar-refractivity contribution in [2.75, 3.05) is 45.9 Å². The van der Waals surface area contributed by atoms with E-state index >= 15 is 0 Å². The van der Waals surface area contributed by atoms with Gasteiger partial charge in [-0.2, -0.15) is 0 Å². The molecule has 2 fully saturated rings. The molecule has 0 aliphatic carbocycles. The van der Waals surface area contributed by atoms with Crippen molar-refractivity contribution in [2.24, 2.45) is 5.92 Å². The van der Waals surface area contributed by atoms with Crippen LogP contribution >= 0.6 is 0 Å². The van der Waals surface area contributed by atoms with Crippen molar-refractivity contribution in [2.45, 2.75) is 25.7 Å². The van der Waals surface area contributed by atoms with Gasteiger partial charge < -0.3 is 9.80 Å². The van der Waals surface area contributed by atoms with Crippen molar-refractivity contribution < 1.29 is 5.11 Å². The van der Waals surface area contributed by atoms with Crippen LogP contribution in [-0.2, 0) is 5.11 Å². The van der Waals surface area contributed by atoms with Crippen LogP contribution in [0.5, 0.6) is 0 Å². The summed E-state index contributed by atoms with van der Waals surface area (Å²) in [6.45, 7) is 7.61. The predicted molar refractivity (Wildman–Crippen MR) is 60.4 cm³/mol. The van der Waals surface area contributed by atoms with Crippen LogP contribution in [0.3, 0.4) is 0 Å². The van der Waals surface area contributed by atoms with Crippen LogP contribution < -0.4 is 0 Å². The standard InChI is InChI=1S/C12H23N2O/c15-11-12-3-9-14(10-4-12)8-2-7-13-5-1-6-13/h12H,1-11H2. The van der Waals surface area contributed by atoms with Gasteiger partial charge in [-0.3, -0.25) is 0 Å². The molecule has 2 heterocycles. The van der Waals surface area contributed by atoms with Crippen LogP contribution in [0.25, 0.3) is 0 Å². The van der Waals surface area contributed by atoms with E-state index in [1.165, 1.54) is 39.0 Å². The van der Waals surface area contributed by atoms with Gasteiger partial charge in [0.2, 0.25) is 0 Å². The molecule has 87 valence electrons. The van der Waals surface area contributed by atoms with E-state index in [1.54, 1.807) is 0 Å². The van der Waals surface area contributed by atoms with Crippen LogP contribution in [0.4, 0.5) is 0 Å². The second-order valence-corrected chi connectivity index (χ2v) is 5.00. The Bertz CT molecular complexity index is 174. The molecule has 0 atom stereocenters. The van der Waals surface area contributed by atoms with E-state index < -0.39 is 0 Å². The Morgan fingerprint density at radius 2 is 1.53 bits per heavy atom. The van der Waals surface area contributed by atoms with E-state index in [9.17, 15) is 5.11 Å². The third kappa shape index (κ3) is 3.44. The first kappa shape index (κ1) is 11.4. The molecule has 2 saturated heterocycles. The Labute approximate surface area is 93.1 Å². The molecular weight excluding hydrogens is 188 g/mol. The molecule has 2 aliphatic heterocycles. The van der Waals surface area contributed by atoms with Gasteiger partial charge in [-0.15, -0.1) is 0 Å². The van der Waals surface area contributed by atoms with E-state index in [2.05, 4.69) is 9.80 Å². The number of piperidine rings is 1. The van der Waals surface area contributed by atoms with Gasteiger partial charge >= 0.3 is 0 Å². The highest BCUT2D eigenvalue weighted by molar-refractivity contribution is 4.73. The molecule has 0 N–H and O–H groups in total. The maximum Gasteiger partial charge on any atom is 0.0851 e. The SMILES string of the molecule is [O]CC1CCN(CCCN2CCC2)CC1. The molecule has 15 heavy (non-hydrogen) atoms. The average Bonchev–Trinajstić information content (AvgIpc) is 2.23. The number of nitrogens with zero attached hydrogens (tertiary/aromatic N) is 2. The number of hydrogen-bond donors (Lipinski definition) is 0. The third-order valence-corrected chi connectivity index (χ3v) is 3.84. The molecule has 0 aromatic rings. The molecular formula is C12H23N2O. The van der Waals surface area contributed by atoms with Crippen molar-refractivity contribution in [1.82, 2.24) is 9.80 Å². The largest absolute Gasteiger partial charge is 0.303 e. The van der Waals surface area contributed by atoms with Crippen LogP contribution in [0.1, 0.15) is 25.7 Å². The summed E-state index contributed by atoms with van der Waals surface area (Å²) in [6, 6.07) is 0. The number of rotatable bonds is 5. The summed E-state index contributed by atoms with van der Waals surface area (Å²) >= 11 is 0. The zero-order valence-corrected chi connectivity index (χ0v) is 9.66. The predicted octanol–water partition coefficient (Wildman–Crippen LogP) is 1.22. The van der Waals surface area contributed by atoms with E-state index in [-0.39, 0.29) is 6.61 Å². The maximum absolute atomic E-state index is 10.7. The fourth-order valence-corrected chi connectivity index (χ4v) is 2.50. The molecule has 0 unspecified atom stereocenters. The first-order chi connectivity index (χ1) is 7.38. The summed E-state index contributed by atoms with van der Waals surface area (Å²) in [5, 5.41) is 10.7. The Balaban J connectivity index is 1.52. The Morgan fingerprint density at radius 3 is 2.00 bits per heavy atom. The Morgan fingerprint density at radius 1 is 0.933 bits per heavy atom. The van der Waals surface area contributed by atoms with Crippen LogP contribution in [0.2, 0.25) is 0 Å². The minimum atomic E-state index is 0.140. The van der Waals surface area contributed by atoms with Crippen LogP contribution in [-0.4, -0.2) is 55.7 Å². The molecule has 0 bridgehead atoms. The van der Waals surface area contributed by atoms with Crippen LogP contribution in [0, 0.1) is 5.92 Å². The molecule has 0 aromatic heterocycles. The normalized spacial score (nSPS) is 25.4. The third-order valence-electron chi connectivity index (χ3n) is 3.84. The van der Waals surface area contributed by atoms with Crippen molar-refractivity contribution in [1.29, 1.82) is 0 Å². The molecule has 1 radical (unpaired) electrons. The summed E-state index contributed by atoms with van der Waals surface area (Å²) < 4.78 is 0. The lowest BCUT2D eigenvalue weighted by Crippen LogP contribution is -2.40. The zero-order chi connectivity index (χ0) is 10.5. The van der Waals surface area contributed by atoms with Gasteiger partial charge in [-0.1, -0.05) is 0 Å². The van der Waals surface area contributed by atoms with E-state index in [0.717, 1.165) is 25.9 Å². The van der Waals surface area contributed by atoms with E-state index in [4.69, 9.17) is 0 Å². The first-order valence-electron chi connectivity index (χ1n) is 6.41. The van der Waals surface area contributed by atoms with Gasteiger partial charge in [0, 0.05) is 0 Å². The highest BCUT2D eigenvalue weighted by atomic mass is 16.3. The lowest BCUT2D eigenvalue weighted by Gasteiger charge is -2.33. The molecule has 0 spiro atoms. The fourth-order valence-electron chi connectivity index (χ4n) is 2.50. The van der Waals surface area contributed by atoms with Crippen molar-refractivity contribution in [3.05, 3.63) is 0 Å². The first-order valence-corrected chi connectivity index (χ1v) is 6.41. The van der Waals surface area contributed by atoms with Crippen LogP contribution in [0.15, 0.2) is 0 Å². The molecule has 0 aromatic carbocycles. The lowest BCUT2D eigenvalue weighted by atomic mass is 9.98. The van der Waals surface area contributed by atoms with Gasteiger partial charge in [-0.05, 0) is 70.9 Å². The van der Waals surface area contributed by atoms with Gasteiger partial charge in [-0.25, -0.2) is 5.11 Å². The molecule has 0 amide bonds. The Kier molecular flexibility index (Phi) is 4.42. The topological polar surface area (TPSA) is 26.4 Å². The maximum atomic E-state index is 10.7. The van der Waals surface area contributed by atoms with Crippen molar-refractivity contribution >= 4 is 0 Å². The number of likely N-dealkylation sites (tertiary alicyclic amines) is 2. The molecule has 2 aliphatic rings. The summed E-state index contributed by atoms with van der Waals surface area (Å²) in [4.78, 5) is 5.07. The minimum absolute atomic E-state index is 0.140. The smallest absolute Gasteiger partial charge is 0.0851 e. The summed E-state index contributed by atoms with van der Waals surface area (Å²) in [7, 11) is 0. The van der Waals surface area contributed by atoms with Gasteiger partial charge in [0.15, 0.2) is 0 Å². The van der Waals surface area contributed by atoms with Gasteiger partial charge in [0.25, 0.3) is 0 Å². The van der Waals surface area contributed by atoms with E-state index in [1.807, 2.05) is 0 Å². The molecule has 2 rings (SSSR count). The quantitative estimate of drug-likeness (QED) is 0.683. The molecule has 3 heteroatoms. The second-order valence-electron chi connectivity index (χ2n) is 5.00. The van der Waals surface area contributed by atoms with Crippen molar-refractivity contribution in [3.63, 3.8) is 0 Å².